The molecule has 1 heterocycles. The number of rotatable bonds is 5. The van der Waals surface area contributed by atoms with E-state index in [2.05, 4.69) is 16.7 Å². The van der Waals surface area contributed by atoms with Crippen LogP contribution in [-0.2, 0) is 16.0 Å². The first kappa shape index (κ1) is 19.9. The first-order valence-electron chi connectivity index (χ1n) is 8.55. The highest BCUT2D eigenvalue weighted by Crippen LogP contribution is 2.26. The van der Waals surface area contributed by atoms with Crippen LogP contribution in [0.2, 0.25) is 0 Å². The van der Waals surface area contributed by atoms with Crippen molar-refractivity contribution in [3.63, 3.8) is 0 Å². The second-order valence-corrected chi connectivity index (χ2v) is 6.48. The van der Waals surface area contributed by atoms with Crippen LogP contribution in [0.15, 0.2) is 48.5 Å². The van der Waals surface area contributed by atoms with Crippen molar-refractivity contribution in [2.75, 3.05) is 5.32 Å². The minimum atomic E-state index is -0.313. The molecule has 5 nitrogen and oxygen atoms in total. The lowest BCUT2D eigenvalue weighted by atomic mass is 9.97. The van der Waals surface area contributed by atoms with Crippen LogP contribution < -0.4 is 16.4 Å². The summed E-state index contributed by atoms with van der Waals surface area (Å²) < 4.78 is 0. The number of benzene rings is 2. The minimum Gasteiger partial charge on any atom is -0.350 e. The summed E-state index contributed by atoms with van der Waals surface area (Å²) >= 11 is 0. The molecular weight excluding hydrogens is 350 g/mol. The second-order valence-electron chi connectivity index (χ2n) is 6.48. The molecule has 6 heteroatoms. The molecule has 26 heavy (non-hydrogen) atoms. The van der Waals surface area contributed by atoms with Gasteiger partial charge in [0.2, 0.25) is 11.8 Å². The molecule has 0 saturated carbocycles. The number of hydrogen-bond acceptors (Lipinski definition) is 3. The van der Waals surface area contributed by atoms with Crippen molar-refractivity contribution in [3.8, 4) is 0 Å². The summed E-state index contributed by atoms with van der Waals surface area (Å²) in [5.74, 6) is -0.0219. The maximum atomic E-state index is 12.3. The molecule has 2 aromatic rings. The molecule has 0 aromatic heterocycles. The molecule has 2 atom stereocenters. The number of carbonyl (C=O) groups excluding carboxylic acids is 2. The van der Waals surface area contributed by atoms with Gasteiger partial charge in [0.25, 0.3) is 0 Å². The summed E-state index contributed by atoms with van der Waals surface area (Å²) in [5, 5.41) is 5.87. The van der Waals surface area contributed by atoms with Gasteiger partial charge in [0, 0.05) is 24.6 Å². The fourth-order valence-corrected chi connectivity index (χ4v) is 3.07. The van der Waals surface area contributed by atoms with E-state index < -0.39 is 0 Å². The Morgan fingerprint density at radius 3 is 2.62 bits per heavy atom. The predicted octanol–water partition coefficient (Wildman–Crippen LogP) is 3.26. The van der Waals surface area contributed by atoms with Gasteiger partial charge in [0.15, 0.2) is 0 Å². The smallest absolute Gasteiger partial charge is 0.224 e. The number of nitrogens with one attached hydrogen (secondary N) is 2. The number of anilines is 1. The predicted molar refractivity (Wildman–Crippen MR) is 105 cm³/mol. The normalized spacial score (nSPS) is 15.1. The van der Waals surface area contributed by atoms with Crippen LogP contribution in [0.5, 0.6) is 0 Å². The molecule has 4 N–H and O–H groups in total. The van der Waals surface area contributed by atoms with Crippen molar-refractivity contribution in [2.24, 2.45) is 5.73 Å². The number of halogens is 1. The van der Waals surface area contributed by atoms with Gasteiger partial charge in [-0.1, -0.05) is 42.5 Å². The largest absolute Gasteiger partial charge is 0.350 e. The first-order chi connectivity index (χ1) is 12.0. The van der Waals surface area contributed by atoms with E-state index in [0.29, 0.717) is 6.42 Å². The van der Waals surface area contributed by atoms with Gasteiger partial charge in [-0.15, -0.1) is 12.4 Å². The summed E-state index contributed by atoms with van der Waals surface area (Å²) in [5.41, 5.74) is 10.1. The van der Waals surface area contributed by atoms with Crippen molar-refractivity contribution >= 4 is 29.9 Å². The van der Waals surface area contributed by atoms with E-state index in [1.54, 1.807) is 0 Å². The minimum absolute atomic E-state index is 0. The molecular formula is C20H24ClN3O2. The maximum Gasteiger partial charge on any atom is 0.224 e. The molecule has 2 unspecified atom stereocenters. The number of fused-ring (bicyclic) bond motifs is 1. The lowest BCUT2D eigenvalue weighted by molar-refractivity contribution is -0.122. The Kier molecular flexibility index (Phi) is 6.77. The van der Waals surface area contributed by atoms with Gasteiger partial charge < -0.3 is 16.4 Å². The third kappa shape index (κ3) is 4.84. The van der Waals surface area contributed by atoms with Gasteiger partial charge in [0.1, 0.15) is 0 Å². The van der Waals surface area contributed by atoms with E-state index in [0.717, 1.165) is 28.8 Å². The second kappa shape index (κ2) is 8.83. The zero-order valence-electron chi connectivity index (χ0n) is 14.7. The monoisotopic (exact) mass is 373 g/mol. The molecule has 1 aliphatic heterocycles. The number of amides is 2. The average molecular weight is 374 g/mol. The highest BCUT2D eigenvalue weighted by molar-refractivity contribution is 5.93. The fraction of sp³-hybridized carbons (Fsp3) is 0.300. The lowest BCUT2D eigenvalue weighted by Gasteiger charge is -2.21. The van der Waals surface area contributed by atoms with Crippen LogP contribution in [0.25, 0.3) is 0 Å². The maximum absolute atomic E-state index is 12.3. The molecule has 0 saturated heterocycles. The highest BCUT2D eigenvalue weighted by atomic mass is 35.5. The van der Waals surface area contributed by atoms with Gasteiger partial charge in [-0.2, -0.15) is 0 Å². The van der Waals surface area contributed by atoms with Crippen LogP contribution in [0, 0.1) is 0 Å². The number of nitrogens with two attached hydrogens (primary N) is 1. The van der Waals surface area contributed by atoms with E-state index in [9.17, 15) is 9.59 Å². The van der Waals surface area contributed by atoms with Gasteiger partial charge in [-0.25, -0.2) is 0 Å². The Balaban J connectivity index is 0.00000243. The average Bonchev–Trinajstić information content (AvgIpc) is 2.61. The van der Waals surface area contributed by atoms with Crippen molar-refractivity contribution < 1.29 is 9.59 Å². The van der Waals surface area contributed by atoms with E-state index in [1.165, 1.54) is 0 Å². The molecule has 0 spiro atoms. The first-order valence-corrected chi connectivity index (χ1v) is 8.55. The molecule has 2 aromatic carbocycles. The molecule has 0 bridgehead atoms. The Hall–Kier alpha value is -2.37. The van der Waals surface area contributed by atoms with Gasteiger partial charge >= 0.3 is 0 Å². The van der Waals surface area contributed by atoms with Crippen molar-refractivity contribution in [2.45, 2.75) is 38.3 Å². The Labute approximate surface area is 159 Å². The third-order valence-electron chi connectivity index (χ3n) is 4.54. The van der Waals surface area contributed by atoms with Crippen LogP contribution in [0.1, 0.15) is 48.5 Å². The Morgan fingerprint density at radius 2 is 1.88 bits per heavy atom. The van der Waals surface area contributed by atoms with E-state index in [4.69, 9.17) is 5.73 Å². The summed E-state index contributed by atoms with van der Waals surface area (Å²) in [6.07, 6.45) is 1.48. The highest BCUT2D eigenvalue weighted by Gasteiger charge is 2.18. The fourth-order valence-electron chi connectivity index (χ4n) is 3.07. The van der Waals surface area contributed by atoms with Gasteiger partial charge in [0.05, 0.1) is 6.04 Å². The third-order valence-corrected chi connectivity index (χ3v) is 4.54. The molecule has 0 radical (unpaired) electrons. The van der Waals surface area contributed by atoms with Crippen molar-refractivity contribution in [1.29, 1.82) is 0 Å². The molecule has 2 amide bonds. The summed E-state index contributed by atoms with van der Waals surface area (Å²) in [7, 11) is 0. The molecule has 3 rings (SSSR count). The van der Waals surface area contributed by atoms with Crippen molar-refractivity contribution in [3.05, 3.63) is 65.2 Å². The molecule has 1 aliphatic rings. The zero-order chi connectivity index (χ0) is 17.8. The quantitative estimate of drug-likeness (QED) is 0.752. The van der Waals surface area contributed by atoms with Crippen LogP contribution in [0.3, 0.4) is 0 Å². The number of hydrogen-bond donors (Lipinski definition) is 3. The standard InChI is InChI=1S/C20H23N3O2.ClH/c1-13(15-7-9-18-16(11-15)8-10-19(24)23-18)22-20(25)12-17(21)14-5-3-2-4-6-14;/h2-7,9,11,13,17H,8,10,12,21H2,1H3,(H,22,25)(H,23,24);1H. The van der Waals surface area contributed by atoms with Crippen LogP contribution >= 0.6 is 12.4 Å². The van der Waals surface area contributed by atoms with Gasteiger partial charge in [-0.3, -0.25) is 9.59 Å². The van der Waals surface area contributed by atoms with E-state index >= 15 is 0 Å². The zero-order valence-corrected chi connectivity index (χ0v) is 15.5. The van der Waals surface area contributed by atoms with E-state index in [1.807, 2.05) is 49.4 Å². The summed E-state index contributed by atoms with van der Waals surface area (Å²) in [6, 6.07) is 15.1. The number of carbonyl (C=O) groups is 2. The van der Waals surface area contributed by atoms with E-state index in [-0.39, 0.29) is 42.7 Å². The Bertz CT molecular complexity index is 780. The SMILES string of the molecule is CC(NC(=O)CC(N)c1ccccc1)c1ccc2c(c1)CCC(=O)N2.Cl. The molecule has 138 valence electrons. The molecule has 0 fully saturated rings. The summed E-state index contributed by atoms with van der Waals surface area (Å²) in [4.78, 5) is 23.7. The topological polar surface area (TPSA) is 84.2 Å². The van der Waals surface area contributed by atoms with Gasteiger partial charge in [-0.05, 0) is 36.1 Å². The van der Waals surface area contributed by atoms with Crippen molar-refractivity contribution in [1.82, 2.24) is 5.32 Å². The Morgan fingerprint density at radius 1 is 1.15 bits per heavy atom. The lowest BCUT2D eigenvalue weighted by Crippen LogP contribution is -2.30. The molecule has 0 aliphatic carbocycles. The number of aryl methyl sites for hydroxylation is 1. The summed E-state index contributed by atoms with van der Waals surface area (Å²) in [6.45, 7) is 1.95. The van der Waals surface area contributed by atoms with Crippen LogP contribution in [0.4, 0.5) is 5.69 Å². The van der Waals surface area contributed by atoms with Crippen LogP contribution in [-0.4, -0.2) is 11.8 Å².